The number of rotatable bonds is 4. The van der Waals surface area contributed by atoms with Crippen LogP contribution < -0.4 is 10.3 Å². The van der Waals surface area contributed by atoms with E-state index in [1.54, 1.807) is 30.3 Å². The quantitative estimate of drug-likeness (QED) is 0.520. The van der Waals surface area contributed by atoms with Crippen LogP contribution in [0.15, 0.2) is 65.8 Å². The predicted octanol–water partition coefficient (Wildman–Crippen LogP) is 4.73. The topological polar surface area (TPSA) is 44.7 Å². The van der Waals surface area contributed by atoms with Crippen molar-refractivity contribution < 1.29 is 9.18 Å². The lowest BCUT2D eigenvalue weighted by Gasteiger charge is -2.17. The zero-order chi connectivity index (χ0) is 20.4. The molecule has 1 aliphatic rings. The number of carbonyl (C=O) groups excluding carboxylic acids is 1. The highest BCUT2D eigenvalue weighted by molar-refractivity contribution is 5.95. The van der Waals surface area contributed by atoms with Crippen LogP contribution >= 0.6 is 0 Å². The lowest BCUT2D eigenvalue weighted by Crippen LogP contribution is -2.18. The van der Waals surface area contributed by atoms with Crippen LogP contribution in [-0.2, 0) is 13.1 Å². The molecule has 29 heavy (non-hydrogen) atoms. The van der Waals surface area contributed by atoms with Crippen LogP contribution in [0.5, 0.6) is 0 Å². The Morgan fingerprint density at radius 2 is 1.62 bits per heavy atom. The van der Waals surface area contributed by atoms with Crippen molar-refractivity contribution in [2.45, 2.75) is 26.9 Å². The maximum absolute atomic E-state index is 13.6. The third kappa shape index (κ3) is 4.04. The summed E-state index contributed by atoms with van der Waals surface area (Å²) >= 11 is 0. The molecule has 1 heterocycles. The predicted molar refractivity (Wildman–Crippen MR) is 114 cm³/mol. The molecule has 0 saturated heterocycles. The van der Waals surface area contributed by atoms with E-state index in [1.165, 1.54) is 34.5 Å². The number of amides is 1. The number of anilines is 1. The van der Waals surface area contributed by atoms with E-state index >= 15 is 0 Å². The van der Waals surface area contributed by atoms with Crippen LogP contribution in [0.1, 0.15) is 38.2 Å². The standard InChI is InChI=1S/C24H22FN3O/c1-16-11-20-14-28(15-21(20)12-17(16)2)22-9-7-18(8-10-22)24(29)27-26-13-19-5-3-4-6-23(19)25/h3-13H,14-15H2,1-2H3,(H,27,29)/b26-13-. The Morgan fingerprint density at radius 1 is 1.00 bits per heavy atom. The Balaban J connectivity index is 1.40. The summed E-state index contributed by atoms with van der Waals surface area (Å²) in [7, 11) is 0. The largest absolute Gasteiger partial charge is 0.363 e. The number of aryl methyl sites for hydroxylation is 2. The van der Waals surface area contributed by atoms with Crippen LogP contribution in [0.3, 0.4) is 0 Å². The highest BCUT2D eigenvalue weighted by Gasteiger charge is 2.20. The van der Waals surface area contributed by atoms with E-state index in [-0.39, 0.29) is 11.7 Å². The second kappa shape index (κ2) is 7.87. The van der Waals surface area contributed by atoms with Crippen molar-refractivity contribution in [1.82, 2.24) is 5.43 Å². The minimum atomic E-state index is -0.383. The van der Waals surface area contributed by atoms with Gasteiger partial charge in [0, 0.05) is 29.9 Å². The summed E-state index contributed by atoms with van der Waals surface area (Å²) in [5.74, 6) is -0.716. The lowest BCUT2D eigenvalue weighted by atomic mass is 10.0. The summed E-state index contributed by atoms with van der Waals surface area (Å²) < 4.78 is 13.6. The van der Waals surface area contributed by atoms with Gasteiger partial charge < -0.3 is 4.90 Å². The molecule has 0 fully saturated rings. The molecule has 146 valence electrons. The molecule has 5 heteroatoms. The minimum absolute atomic E-state index is 0.322. The Morgan fingerprint density at radius 3 is 2.24 bits per heavy atom. The molecule has 0 radical (unpaired) electrons. The van der Waals surface area contributed by atoms with E-state index in [9.17, 15) is 9.18 Å². The van der Waals surface area contributed by atoms with Crippen molar-refractivity contribution in [3.05, 3.63) is 99.9 Å². The van der Waals surface area contributed by atoms with Crippen LogP contribution in [0.2, 0.25) is 0 Å². The van der Waals surface area contributed by atoms with Crippen LogP contribution in [0.4, 0.5) is 10.1 Å². The Hall–Kier alpha value is -3.47. The minimum Gasteiger partial charge on any atom is -0.363 e. The molecule has 0 aliphatic carbocycles. The monoisotopic (exact) mass is 387 g/mol. The second-order valence-corrected chi connectivity index (χ2v) is 7.33. The summed E-state index contributed by atoms with van der Waals surface area (Å²) in [4.78, 5) is 14.6. The third-order valence-corrected chi connectivity index (χ3v) is 5.31. The summed E-state index contributed by atoms with van der Waals surface area (Å²) in [6, 6.07) is 18.2. The van der Waals surface area contributed by atoms with E-state index in [2.05, 4.69) is 41.4 Å². The number of hydrogen-bond acceptors (Lipinski definition) is 3. The number of carbonyl (C=O) groups is 1. The van der Waals surface area contributed by atoms with Gasteiger partial charge in [0.15, 0.2) is 0 Å². The van der Waals surface area contributed by atoms with Gasteiger partial charge in [-0.2, -0.15) is 5.10 Å². The molecule has 1 amide bonds. The Bertz CT molecular complexity index is 1060. The first-order valence-corrected chi connectivity index (χ1v) is 9.53. The van der Waals surface area contributed by atoms with Crippen molar-refractivity contribution in [3.63, 3.8) is 0 Å². The maximum Gasteiger partial charge on any atom is 0.271 e. The number of nitrogens with zero attached hydrogens (tertiary/aromatic N) is 2. The van der Waals surface area contributed by atoms with Crippen LogP contribution in [-0.4, -0.2) is 12.1 Å². The fourth-order valence-electron chi connectivity index (χ4n) is 3.51. The number of nitrogens with one attached hydrogen (secondary N) is 1. The average Bonchev–Trinajstić information content (AvgIpc) is 3.12. The second-order valence-electron chi connectivity index (χ2n) is 7.33. The van der Waals surface area contributed by atoms with Crippen molar-refractivity contribution in [2.24, 2.45) is 5.10 Å². The highest BCUT2D eigenvalue weighted by Crippen LogP contribution is 2.30. The maximum atomic E-state index is 13.6. The number of hydrazone groups is 1. The number of hydrogen-bond donors (Lipinski definition) is 1. The van der Waals surface area contributed by atoms with Crippen molar-refractivity contribution in [3.8, 4) is 0 Å². The van der Waals surface area contributed by atoms with Gasteiger partial charge in [0.1, 0.15) is 5.82 Å². The fourth-order valence-corrected chi connectivity index (χ4v) is 3.51. The van der Waals surface area contributed by atoms with Gasteiger partial charge in [0.25, 0.3) is 5.91 Å². The molecule has 1 N–H and O–H groups in total. The lowest BCUT2D eigenvalue weighted by molar-refractivity contribution is 0.0955. The van der Waals surface area contributed by atoms with E-state index in [1.807, 2.05) is 12.1 Å². The van der Waals surface area contributed by atoms with E-state index < -0.39 is 0 Å². The third-order valence-electron chi connectivity index (χ3n) is 5.31. The first-order valence-electron chi connectivity index (χ1n) is 9.53. The van der Waals surface area contributed by atoms with Gasteiger partial charge in [-0.05, 0) is 66.4 Å². The van der Waals surface area contributed by atoms with Gasteiger partial charge in [-0.3, -0.25) is 4.79 Å². The van der Waals surface area contributed by atoms with Gasteiger partial charge >= 0.3 is 0 Å². The number of fused-ring (bicyclic) bond motifs is 1. The summed E-state index contributed by atoms with van der Waals surface area (Å²) in [5.41, 5.74) is 9.68. The molecule has 1 aliphatic heterocycles. The van der Waals surface area contributed by atoms with Gasteiger partial charge in [0.2, 0.25) is 0 Å². The van der Waals surface area contributed by atoms with Crippen molar-refractivity contribution in [2.75, 3.05) is 4.90 Å². The van der Waals surface area contributed by atoms with Gasteiger partial charge in [-0.1, -0.05) is 30.3 Å². The molecule has 0 bridgehead atoms. The van der Waals surface area contributed by atoms with Crippen molar-refractivity contribution in [1.29, 1.82) is 0 Å². The fraction of sp³-hybridized carbons (Fsp3) is 0.167. The smallest absolute Gasteiger partial charge is 0.271 e. The van der Waals surface area contributed by atoms with E-state index in [0.717, 1.165) is 18.8 Å². The first-order chi connectivity index (χ1) is 14.0. The first kappa shape index (κ1) is 18.9. The molecule has 0 aromatic heterocycles. The molecular weight excluding hydrogens is 365 g/mol. The average molecular weight is 387 g/mol. The normalized spacial score (nSPS) is 13.0. The highest BCUT2D eigenvalue weighted by atomic mass is 19.1. The van der Waals surface area contributed by atoms with E-state index in [0.29, 0.717) is 11.1 Å². The molecule has 0 unspecified atom stereocenters. The molecule has 0 atom stereocenters. The van der Waals surface area contributed by atoms with Gasteiger partial charge in [-0.25, -0.2) is 9.82 Å². The van der Waals surface area contributed by atoms with Crippen molar-refractivity contribution >= 4 is 17.8 Å². The molecule has 3 aromatic rings. The van der Waals surface area contributed by atoms with E-state index in [4.69, 9.17) is 0 Å². The van der Waals surface area contributed by atoms with Gasteiger partial charge in [-0.15, -0.1) is 0 Å². The molecular formula is C24H22FN3O. The summed E-state index contributed by atoms with van der Waals surface area (Å²) in [6.07, 6.45) is 1.30. The molecule has 4 rings (SSSR count). The van der Waals surface area contributed by atoms with Crippen LogP contribution in [0, 0.1) is 19.7 Å². The summed E-state index contributed by atoms with van der Waals surface area (Å²) in [6.45, 7) is 6.02. The zero-order valence-electron chi connectivity index (χ0n) is 16.4. The molecule has 3 aromatic carbocycles. The molecule has 0 saturated carbocycles. The summed E-state index contributed by atoms with van der Waals surface area (Å²) in [5, 5.41) is 3.85. The molecule has 0 spiro atoms. The Labute approximate surface area is 169 Å². The Kier molecular flexibility index (Phi) is 5.12. The van der Waals surface area contributed by atoms with Crippen LogP contribution in [0.25, 0.3) is 0 Å². The SMILES string of the molecule is Cc1cc2c(cc1C)CN(c1ccc(C(=O)N/N=C\c3ccccc3F)cc1)C2. The zero-order valence-corrected chi connectivity index (χ0v) is 16.4. The van der Waals surface area contributed by atoms with Gasteiger partial charge in [0.05, 0.1) is 6.21 Å². The number of benzene rings is 3. The molecule has 4 nitrogen and oxygen atoms in total. The number of halogens is 1.